The van der Waals surface area contributed by atoms with E-state index < -0.39 is 10.0 Å². The Hall–Kier alpha value is -1.96. The van der Waals surface area contributed by atoms with Gasteiger partial charge in [-0.1, -0.05) is 36.5 Å². The molecule has 2 rings (SSSR count). The minimum absolute atomic E-state index is 0.0270. The maximum absolute atomic E-state index is 12.5. The first-order chi connectivity index (χ1) is 13.2. The van der Waals surface area contributed by atoms with E-state index in [4.69, 9.17) is 27.9 Å². The number of hydrogen-bond acceptors (Lipinski definition) is 4. The fraction of sp³-hybridized carbons (Fsp3) is 0.316. The summed E-state index contributed by atoms with van der Waals surface area (Å²) >= 11 is 11.9. The second-order valence-corrected chi connectivity index (χ2v) is 8.78. The van der Waals surface area contributed by atoms with Crippen LogP contribution in [0.15, 0.2) is 47.4 Å². The third kappa shape index (κ3) is 6.58. The quantitative estimate of drug-likeness (QED) is 0.596. The predicted octanol–water partition coefficient (Wildman–Crippen LogP) is 4.48. The lowest BCUT2D eigenvalue weighted by atomic mass is 10.2. The van der Waals surface area contributed by atoms with Gasteiger partial charge in [-0.3, -0.25) is 9.52 Å². The molecular formula is C19H22Cl2N2O4S. The van der Waals surface area contributed by atoms with Crippen LogP contribution in [0.2, 0.25) is 10.0 Å². The predicted molar refractivity (Wildman–Crippen MR) is 112 cm³/mol. The zero-order valence-electron chi connectivity index (χ0n) is 15.5. The highest BCUT2D eigenvalue weighted by molar-refractivity contribution is 7.92. The first-order valence-corrected chi connectivity index (χ1v) is 10.9. The van der Waals surface area contributed by atoms with Crippen molar-refractivity contribution in [3.05, 3.63) is 52.5 Å². The maximum Gasteiger partial charge on any atom is 0.261 e. The monoisotopic (exact) mass is 444 g/mol. The van der Waals surface area contributed by atoms with Gasteiger partial charge in [-0.05, 0) is 55.8 Å². The van der Waals surface area contributed by atoms with Gasteiger partial charge < -0.3 is 10.1 Å². The lowest BCUT2D eigenvalue weighted by molar-refractivity contribution is -0.123. The second kappa shape index (κ2) is 10.0. The SMILES string of the molecule is CCC[C@H](C)NC(=O)COc1ccc(S(=O)(=O)Nc2ccc(Cl)cc2)cc1Cl. The highest BCUT2D eigenvalue weighted by Gasteiger charge is 2.17. The molecule has 0 aliphatic heterocycles. The number of rotatable bonds is 9. The molecule has 0 heterocycles. The van der Waals surface area contributed by atoms with E-state index in [9.17, 15) is 13.2 Å². The molecule has 1 amide bonds. The highest BCUT2D eigenvalue weighted by Crippen LogP contribution is 2.28. The van der Waals surface area contributed by atoms with E-state index in [0.29, 0.717) is 10.7 Å². The van der Waals surface area contributed by atoms with E-state index in [2.05, 4.69) is 10.0 Å². The Morgan fingerprint density at radius 3 is 2.43 bits per heavy atom. The van der Waals surface area contributed by atoms with E-state index in [1.54, 1.807) is 24.3 Å². The molecule has 2 aromatic rings. The van der Waals surface area contributed by atoms with Crippen molar-refractivity contribution in [2.24, 2.45) is 0 Å². The van der Waals surface area contributed by atoms with Crippen LogP contribution in [0.1, 0.15) is 26.7 Å². The number of halogens is 2. The van der Waals surface area contributed by atoms with Crippen molar-refractivity contribution in [2.45, 2.75) is 37.6 Å². The molecule has 0 spiro atoms. The number of ether oxygens (including phenoxy) is 1. The molecule has 2 aromatic carbocycles. The fourth-order valence-electron chi connectivity index (χ4n) is 2.46. The number of anilines is 1. The summed E-state index contributed by atoms with van der Waals surface area (Å²) in [5.74, 6) is -0.0384. The van der Waals surface area contributed by atoms with E-state index >= 15 is 0 Å². The molecule has 0 aliphatic carbocycles. The van der Waals surface area contributed by atoms with Crippen molar-refractivity contribution in [1.29, 1.82) is 0 Å². The smallest absolute Gasteiger partial charge is 0.261 e. The molecule has 2 N–H and O–H groups in total. The van der Waals surface area contributed by atoms with Gasteiger partial charge in [-0.25, -0.2) is 8.42 Å². The normalized spacial score (nSPS) is 12.3. The zero-order chi connectivity index (χ0) is 20.7. The Morgan fingerprint density at radius 2 is 1.82 bits per heavy atom. The molecular weight excluding hydrogens is 423 g/mol. The molecule has 0 radical (unpaired) electrons. The van der Waals surface area contributed by atoms with Gasteiger partial charge in [-0.15, -0.1) is 0 Å². The van der Waals surface area contributed by atoms with Gasteiger partial charge in [0.05, 0.1) is 9.92 Å². The van der Waals surface area contributed by atoms with Crippen LogP contribution < -0.4 is 14.8 Å². The summed E-state index contributed by atoms with van der Waals surface area (Å²) in [6, 6.07) is 10.4. The van der Waals surface area contributed by atoms with Gasteiger partial charge in [-0.2, -0.15) is 0 Å². The maximum atomic E-state index is 12.5. The Labute approximate surface area is 175 Å². The number of amides is 1. The molecule has 6 nitrogen and oxygen atoms in total. The largest absolute Gasteiger partial charge is 0.482 e. The van der Waals surface area contributed by atoms with Crippen LogP contribution in [0, 0.1) is 0 Å². The molecule has 0 aromatic heterocycles. The number of sulfonamides is 1. The van der Waals surface area contributed by atoms with Gasteiger partial charge in [0.25, 0.3) is 15.9 Å². The van der Waals surface area contributed by atoms with Crippen LogP contribution in [0.3, 0.4) is 0 Å². The Bertz CT molecular complexity index is 918. The Kier molecular flexibility index (Phi) is 7.98. The molecule has 0 saturated carbocycles. The number of nitrogens with one attached hydrogen (secondary N) is 2. The molecule has 152 valence electrons. The first kappa shape index (κ1) is 22.3. The summed E-state index contributed by atoms with van der Waals surface area (Å²) < 4.78 is 32.8. The van der Waals surface area contributed by atoms with Gasteiger partial charge in [0.2, 0.25) is 0 Å². The van der Waals surface area contributed by atoms with E-state index in [-0.39, 0.29) is 34.2 Å². The number of benzene rings is 2. The van der Waals surface area contributed by atoms with Crippen LogP contribution in [0.25, 0.3) is 0 Å². The van der Waals surface area contributed by atoms with Crippen molar-refractivity contribution in [3.8, 4) is 5.75 Å². The van der Waals surface area contributed by atoms with E-state index in [1.165, 1.54) is 18.2 Å². The highest BCUT2D eigenvalue weighted by atomic mass is 35.5. The van der Waals surface area contributed by atoms with Crippen molar-refractivity contribution in [3.63, 3.8) is 0 Å². The van der Waals surface area contributed by atoms with E-state index in [0.717, 1.165) is 12.8 Å². The molecule has 28 heavy (non-hydrogen) atoms. The van der Waals surface area contributed by atoms with Gasteiger partial charge >= 0.3 is 0 Å². The molecule has 1 atom stereocenters. The van der Waals surface area contributed by atoms with E-state index in [1.807, 2.05) is 13.8 Å². The van der Waals surface area contributed by atoms with Crippen molar-refractivity contribution in [1.82, 2.24) is 5.32 Å². The summed E-state index contributed by atoms with van der Waals surface area (Å²) in [5.41, 5.74) is 0.374. The average Bonchev–Trinajstić information content (AvgIpc) is 2.62. The standard InChI is InChI=1S/C19H22Cl2N2O4S/c1-3-4-13(2)22-19(24)12-27-18-10-9-16(11-17(18)21)28(25,26)23-15-7-5-14(20)6-8-15/h5-11,13,23H,3-4,12H2,1-2H3,(H,22,24)/t13-/m0/s1. The number of hydrogen-bond donors (Lipinski definition) is 2. The third-order valence-electron chi connectivity index (χ3n) is 3.80. The van der Waals surface area contributed by atoms with Crippen LogP contribution in [0.5, 0.6) is 5.75 Å². The average molecular weight is 445 g/mol. The minimum atomic E-state index is -3.83. The van der Waals surface area contributed by atoms with Crippen LogP contribution in [-0.2, 0) is 14.8 Å². The summed E-state index contributed by atoms with van der Waals surface area (Å²) in [6.07, 6.45) is 1.84. The molecule has 9 heteroatoms. The summed E-state index contributed by atoms with van der Waals surface area (Å²) in [4.78, 5) is 11.8. The lowest BCUT2D eigenvalue weighted by Gasteiger charge is -2.14. The molecule has 0 unspecified atom stereocenters. The Morgan fingerprint density at radius 1 is 1.14 bits per heavy atom. The molecule has 0 fully saturated rings. The fourth-order valence-corrected chi connectivity index (χ4v) is 3.97. The van der Waals surface area contributed by atoms with Crippen LogP contribution in [0.4, 0.5) is 5.69 Å². The van der Waals surface area contributed by atoms with Gasteiger partial charge in [0.1, 0.15) is 5.75 Å². The minimum Gasteiger partial charge on any atom is -0.482 e. The lowest BCUT2D eigenvalue weighted by Crippen LogP contribution is -2.35. The second-order valence-electron chi connectivity index (χ2n) is 6.25. The van der Waals surface area contributed by atoms with Crippen molar-refractivity contribution >= 4 is 44.8 Å². The van der Waals surface area contributed by atoms with Crippen LogP contribution in [-0.4, -0.2) is 27.0 Å². The summed E-state index contributed by atoms with van der Waals surface area (Å²) in [5, 5.41) is 3.41. The van der Waals surface area contributed by atoms with Crippen LogP contribution >= 0.6 is 23.2 Å². The number of carbonyl (C=O) groups excluding carboxylic acids is 1. The summed E-state index contributed by atoms with van der Waals surface area (Å²) in [7, 11) is -3.83. The van der Waals surface area contributed by atoms with Crippen molar-refractivity contribution < 1.29 is 17.9 Å². The van der Waals surface area contributed by atoms with Gasteiger partial charge in [0.15, 0.2) is 6.61 Å². The van der Waals surface area contributed by atoms with Gasteiger partial charge in [0, 0.05) is 16.8 Å². The zero-order valence-corrected chi connectivity index (χ0v) is 17.9. The topological polar surface area (TPSA) is 84.5 Å². The number of carbonyl (C=O) groups is 1. The third-order valence-corrected chi connectivity index (χ3v) is 5.72. The molecule has 0 bridgehead atoms. The van der Waals surface area contributed by atoms with Crippen molar-refractivity contribution in [2.75, 3.05) is 11.3 Å². The Balaban J connectivity index is 2.02. The molecule has 0 aliphatic rings. The summed E-state index contributed by atoms with van der Waals surface area (Å²) in [6.45, 7) is 3.75. The first-order valence-electron chi connectivity index (χ1n) is 8.71. The molecule has 0 saturated heterocycles.